The van der Waals surface area contributed by atoms with E-state index in [2.05, 4.69) is 80.4 Å². The number of benzene rings is 2. The van der Waals surface area contributed by atoms with E-state index >= 15 is 0 Å². The van der Waals surface area contributed by atoms with Gasteiger partial charge in [-0.15, -0.1) is 0 Å². The van der Waals surface area contributed by atoms with Gasteiger partial charge < -0.3 is 15.1 Å². The third kappa shape index (κ3) is 5.83. The summed E-state index contributed by atoms with van der Waals surface area (Å²) < 4.78 is 0. The zero-order valence-electron chi connectivity index (χ0n) is 18.3. The van der Waals surface area contributed by atoms with Gasteiger partial charge in [0.05, 0.1) is 26.2 Å². The SMILES string of the molecule is CC(C)C(NC(=O)c1ccc(C[NH+]2CCN(c3ccccc3)CC2)cc1)C(C)C. The molecule has 2 aromatic rings. The molecule has 0 bridgehead atoms. The summed E-state index contributed by atoms with van der Waals surface area (Å²) in [7, 11) is 0. The van der Waals surface area contributed by atoms with Crippen molar-refractivity contribution in [3.05, 3.63) is 65.7 Å². The van der Waals surface area contributed by atoms with Crippen molar-refractivity contribution in [3.8, 4) is 0 Å². The van der Waals surface area contributed by atoms with Crippen LogP contribution in [0.2, 0.25) is 0 Å². The summed E-state index contributed by atoms with van der Waals surface area (Å²) in [6.45, 7) is 14.1. The van der Waals surface area contributed by atoms with Gasteiger partial charge in [-0.25, -0.2) is 0 Å². The van der Waals surface area contributed by atoms with Crippen molar-refractivity contribution in [3.63, 3.8) is 0 Å². The first-order valence-corrected chi connectivity index (χ1v) is 11.0. The average molecular weight is 395 g/mol. The first-order chi connectivity index (χ1) is 13.9. The van der Waals surface area contributed by atoms with Gasteiger partial charge in [0.25, 0.3) is 5.91 Å². The second-order valence-electron chi connectivity index (χ2n) is 8.93. The van der Waals surface area contributed by atoms with E-state index < -0.39 is 0 Å². The second-order valence-corrected chi connectivity index (χ2v) is 8.93. The Bertz CT molecular complexity index is 754. The Labute approximate surface area is 175 Å². The van der Waals surface area contributed by atoms with Crippen LogP contribution in [0, 0.1) is 11.8 Å². The van der Waals surface area contributed by atoms with Gasteiger partial charge in [0.2, 0.25) is 0 Å². The lowest BCUT2D eigenvalue weighted by atomic mass is 9.93. The van der Waals surface area contributed by atoms with E-state index in [0.29, 0.717) is 11.8 Å². The standard InChI is InChI=1S/C25H35N3O/c1-19(2)24(20(3)4)26-25(29)22-12-10-21(11-13-22)18-27-14-16-28(17-15-27)23-8-6-5-7-9-23/h5-13,19-20,24H,14-18H2,1-4H3,(H,26,29)/p+1. The Balaban J connectivity index is 1.51. The van der Waals surface area contributed by atoms with Crippen LogP contribution in [0.15, 0.2) is 54.6 Å². The molecule has 1 aliphatic heterocycles. The number of carbonyl (C=O) groups is 1. The predicted molar refractivity (Wildman–Crippen MR) is 120 cm³/mol. The number of nitrogens with one attached hydrogen (secondary N) is 2. The number of hydrogen-bond acceptors (Lipinski definition) is 2. The highest BCUT2D eigenvalue weighted by Crippen LogP contribution is 2.14. The van der Waals surface area contributed by atoms with Crippen LogP contribution < -0.4 is 15.1 Å². The number of hydrogen-bond donors (Lipinski definition) is 2. The number of anilines is 1. The van der Waals surface area contributed by atoms with E-state index in [9.17, 15) is 4.79 Å². The highest BCUT2D eigenvalue weighted by molar-refractivity contribution is 5.94. The van der Waals surface area contributed by atoms with Crippen molar-refractivity contribution in [2.24, 2.45) is 11.8 Å². The Kier molecular flexibility index (Phi) is 7.32. The molecule has 1 amide bonds. The third-order valence-corrected chi connectivity index (χ3v) is 6.00. The Morgan fingerprint density at radius 1 is 0.931 bits per heavy atom. The molecule has 156 valence electrons. The monoisotopic (exact) mass is 394 g/mol. The Morgan fingerprint density at radius 2 is 1.52 bits per heavy atom. The molecular formula is C25H36N3O+. The average Bonchev–Trinajstić information content (AvgIpc) is 2.73. The largest absolute Gasteiger partial charge is 0.360 e. The van der Waals surface area contributed by atoms with Crippen LogP contribution in [-0.2, 0) is 6.54 Å². The van der Waals surface area contributed by atoms with Crippen molar-refractivity contribution in [2.75, 3.05) is 31.1 Å². The van der Waals surface area contributed by atoms with Gasteiger partial charge in [-0.1, -0.05) is 58.0 Å². The number of amides is 1. The van der Waals surface area contributed by atoms with Gasteiger partial charge in [-0.2, -0.15) is 0 Å². The maximum Gasteiger partial charge on any atom is 0.251 e. The number of piperazine rings is 1. The number of nitrogens with zero attached hydrogens (tertiary/aromatic N) is 1. The lowest BCUT2D eigenvalue weighted by Crippen LogP contribution is -3.13. The molecule has 1 saturated heterocycles. The predicted octanol–water partition coefficient (Wildman–Crippen LogP) is 3.00. The van der Waals surface area contributed by atoms with Gasteiger partial charge in [-0.05, 0) is 36.1 Å². The van der Waals surface area contributed by atoms with E-state index in [1.165, 1.54) is 11.3 Å². The first-order valence-electron chi connectivity index (χ1n) is 11.0. The van der Waals surface area contributed by atoms with Gasteiger partial charge in [0.15, 0.2) is 0 Å². The maximum atomic E-state index is 12.6. The fourth-order valence-corrected chi connectivity index (χ4v) is 4.30. The maximum absolute atomic E-state index is 12.6. The van der Waals surface area contributed by atoms with Crippen LogP contribution in [-0.4, -0.2) is 38.1 Å². The van der Waals surface area contributed by atoms with Crippen LogP contribution in [0.4, 0.5) is 5.69 Å². The molecule has 2 N–H and O–H groups in total. The fourth-order valence-electron chi connectivity index (χ4n) is 4.30. The molecule has 1 fully saturated rings. The van der Waals surface area contributed by atoms with Crippen LogP contribution in [0.1, 0.15) is 43.6 Å². The molecule has 3 rings (SSSR count). The summed E-state index contributed by atoms with van der Waals surface area (Å²) in [6, 6.07) is 19.1. The Morgan fingerprint density at radius 3 is 2.07 bits per heavy atom. The van der Waals surface area contributed by atoms with Crippen molar-refractivity contribution < 1.29 is 9.69 Å². The van der Waals surface area contributed by atoms with Gasteiger partial charge >= 0.3 is 0 Å². The van der Waals surface area contributed by atoms with Crippen LogP contribution in [0.25, 0.3) is 0 Å². The van der Waals surface area contributed by atoms with Crippen molar-refractivity contribution >= 4 is 11.6 Å². The molecule has 4 heteroatoms. The van der Waals surface area contributed by atoms with Crippen LogP contribution in [0.3, 0.4) is 0 Å². The normalized spacial score (nSPS) is 15.3. The summed E-state index contributed by atoms with van der Waals surface area (Å²) in [5.74, 6) is 0.889. The zero-order chi connectivity index (χ0) is 20.8. The zero-order valence-corrected chi connectivity index (χ0v) is 18.3. The molecular weight excluding hydrogens is 358 g/mol. The number of rotatable bonds is 7. The van der Waals surface area contributed by atoms with Gasteiger partial charge in [-0.3, -0.25) is 4.79 Å². The molecule has 2 aromatic carbocycles. The molecule has 0 radical (unpaired) electrons. The quantitative estimate of drug-likeness (QED) is 0.757. The molecule has 0 aromatic heterocycles. The topological polar surface area (TPSA) is 36.8 Å². The van der Waals surface area contributed by atoms with Gasteiger partial charge in [0.1, 0.15) is 6.54 Å². The Hall–Kier alpha value is -2.33. The number of carbonyl (C=O) groups excluding carboxylic acids is 1. The van der Waals surface area contributed by atoms with E-state index in [1.807, 2.05) is 12.1 Å². The van der Waals surface area contributed by atoms with Crippen molar-refractivity contribution in [2.45, 2.75) is 40.3 Å². The molecule has 1 aliphatic rings. The van der Waals surface area contributed by atoms with Crippen molar-refractivity contribution in [1.29, 1.82) is 0 Å². The minimum Gasteiger partial charge on any atom is -0.360 e. The van der Waals surface area contributed by atoms with E-state index in [0.717, 1.165) is 38.3 Å². The minimum absolute atomic E-state index is 0.0350. The fraction of sp³-hybridized carbons (Fsp3) is 0.480. The summed E-state index contributed by atoms with van der Waals surface area (Å²) >= 11 is 0. The molecule has 1 heterocycles. The van der Waals surface area contributed by atoms with E-state index in [1.54, 1.807) is 4.90 Å². The minimum atomic E-state index is 0.0350. The van der Waals surface area contributed by atoms with E-state index in [4.69, 9.17) is 0 Å². The highest BCUT2D eigenvalue weighted by atomic mass is 16.1. The third-order valence-electron chi connectivity index (χ3n) is 6.00. The summed E-state index contributed by atoms with van der Waals surface area (Å²) in [4.78, 5) is 16.7. The lowest BCUT2D eigenvalue weighted by molar-refractivity contribution is -0.914. The number of quaternary nitrogens is 1. The molecule has 4 nitrogen and oxygen atoms in total. The summed E-state index contributed by atoms with van der Waals surface area (Å²) in [6.07, 6.45) is 0. The van der Waals surface area contributed by atoms with Crippen LogP contribution in [0.5, 0.6) is 0 Å². The lowest BCUT2D eigenvalue weighted by Gasteiger charge is -2.33. The van der Waals surface area contributed by atoms with E-state index in [-0.39, 0.29) is 11.9 Å². The molecule has 0 spiro atoms. The number of para-hydroxylation sites is 1. The second kappa shape index (κ2) is 9.93. The highest BCUT2D eigenvalue weighted by Gasteiger charge is 2.22. The summed E-state index contributed by atoms with van der Waals surface area (Å²) in [5.41, 5.74) is 3.38. The molecule has 0 aliphatic carbocycles. The smallest absolute Gasteiger partial charge is 0.251 e. The molecule has 0 atom stereocenters. The van der Waals surface area contributed by atoms with Crippen molar-refractivity contribution in [1.82, 2.24) is 5.32 Å². The summed E-state index contributed by atoms with van der Waals surface area (Å²) in [5, 5.41) is 3.20. The molecule has 0 saturated carbocycles. The molecule has 29 heavy (non-hydrogen) atoms. The molecule has 0 unspecified atom stereocenters. The van der Waals surface area contributed by atoms with Gasteiger partial charge in [0, 0.05) is 22.9 Å². The first kappa shape index (κ1) is 21.4. The van der Waals surface area contributed by atoms with Crippen LogP contribution >= 0.6 is 0 Å².